The summed E-state index contributed by atoms with van der Waals surface area (Å²) in [5.74, 6) is 0. The molecule has 1 atom stereocenters. The summed E-state index contributed by atoms with van der Waals surface area (Å²) in [7, 11) is 4.34. The second-order valence-corrected chi connectivity index (χ2v) is 8.04. The Bertz CT molecular complexity index is 621. The molecular formula is C20H30N3S2+. The predicted octanol–water partition coefficient (Wildman–Crippen LogP) is 2.79. The van der Waals surface area contributed by atoms with Crippen molar-refractivity contribution < 1.29 is 4.90 Å². The van der Waals surface area contributed by atoms with Gasteiger partial charge in [-0.05, 0) is 41.2 Å². The third-order valence-electron chi connectivity index (χ3n) is 4.09. The summed E-state index contributed by atoms with van der Waals surface area (Å²) in [4.78, 5) is 2.74. The summed E-state index contributed by atoms with van der Waals surface area (Å²) < 4.78 is 0. The molecule has 0 aliphatic rings. The van der Waals surface area contributed by atoms with E-state index in [9.17, 15) is 0 Å². The van der Waals surface area contributed by atoms with E-state index >= 15 is 0 Å². The molecule has 3 nitrogen and oxygen atoms in total. The van der Waals surface area contributed by atoms with Gasteiger partial charge in [-0.1, -0.05) is 43.7 Å². The molecule has 0 aliphatic heterocycles. The van der Waals surface area contributed by atoms with Gasteiger partial charge in [0.1, 0.15) is 0 Å². The van der Waals surface area contributed by atoms with E-state index in [4.69, 9.17) is 12.2 Å². The van der Waals surface area contributed by atoms with Crippen molar-refractivity contribution in [2.24, 2.45) is 0 Å². The van der Waals surface area contributed by atoms with E-state index in [-0.39, 0.29) is 6.04 Å². The fourth-order valence-corrected chi connectivity index (χ4v) is 3.79. The van der Waals surface area contributed by atoms with Crippen LogP contribution in [0.5, 0.6) is 0 Å². The van der Waals surface area contributed by atoms with Crippen LogP contribution in [0.15, 0.2) is 41.8 Å². The lowest BCUT2D eigenvalue weighted by Gasteiger charge is -2.21. The first-order valence-electron chi connectivity index (χ1n) is 9.05. The zero-order valence-corrected chi connectivity index (χ0v) is 17.1. The molecule has 1 heterocycles. The number of aryl methyl sites for hydroxylation is 1. The molecule has 0 aliphatic carbocycles. The van der Waals surface area contributed by atoms with Crippen molar-refractivity contribution in [1.82, 2.24) is 10.6 Å². The number of hydrogen-bond acceptors (Lipinski definition) is 2. The molecule has 0 radical (unpaired) electrons. The van der Waals surface area contributed by atoms with Gasteiger partial charge in [-0.15, -0.1) is 11.3 Å². The lowest BCUT2D eigenvalue weighted by molar-refractivity contribution is -0.858. The van der Waals surface area contributed by atoms with Crippen LogP contribution in [0.2, 0.25) is 0 Å². The fourth-order valence-electron chi connectivity index (χ4n) is 2.77. The molecule has 136 valence electrons. The Balaban J connectivity index is 2.00. The molecule has 0 bridgehead atoms. The minimum absolute atomic E-state index is 0.107. The van der Waals surface area contributed by atoms with Gasteiger partial charge >= 0.3 is 0 Å². The topological polar surface area (TPSA) is 28.5 Å². The highest BCUT2D eigenvalue weighted by Gasteiger charge is 2.16. The minimum atomic E-state index is 0.107. The summed E-state index contributed by atoms with van der Waals surface area (Å²) in [6.45, 7) is 4.26. The normalized spacial score (nSPS) is 12.2. The third kappa shape index (κ3) is 6.77. The summed E-state index contributed by atoms with van der Waals surface area (Å²) in [6.07, 6.45) is 3.42. The van der Waals surface area contributed by atoms with Crippen LogP contribution in [0.4, 0.5) is 0 Å². The first-order chi connectivity index (χ1) is 12.1. The van der Waals surface area contributed by atoms with Crippen molar-refractivity contribution in [3.8, 4) is 0 Å². The van der Waals surface area contributed by atoms with Gasteiger partial charge in [0.2, 0.25) is 0 Å². The van der Waals surface area contributed by atoms with E-state index in [0.717, 1.165) is 31.0 Å². The van der Waals surface area contributed by atoms with E-state index in [1.807, 2.05) is 0 Å². The van der Waals surface area contributed by atoms with Gasteiger partial charge in [0.25, 0.3) is 0 Å². The van der Waals surface area contributed by atoms with Gasteiger partial charge in [0, 0.05) is 17.8 Å². The maximum atomic E-state index is 5.53. The molecule has 2 aromatic rings. The number of benzene rings is 1. The Hall–Kier alpha value is -1.43. The van der Waals surface area contributed by atoms with Gasteiger partial charge in [0.05, 0.1) is 26.7 Å². The molecule has 0 fully saturated rings. The van der Waals surface area contributed by atoms with Crippen LogP contribution < -0.4 is 15.5 Å². The molecule has 3 N–H and O–H groups in total. The second-order valence-electron chi connectivity index (χ2n) is 6.65. The largest absolute Gasteiger partial charge is 0.362 e. The van der Waals surface area contributed by atoms with Gasteiger partial charge in [0.15, 0.2) is 5.11 Å². The minimum Gasteiger partial charge on any atom is -0.362 e. The quantitative estimate of drug-likeness (QED) is 0.464. The molecule has 1 aromatic carbocycles. The van der Waals surface area contributed by atoms with Gasteiger partial charge in [-0.3, -0.25) is 0 Å². The SMILES string of the molecule is CCCc1ccc([C@H](NC(=S)NCCC[NH+](C)C)c2cccs2)cc1. The average molecular weight is 377 g/mol. The third-order valence-corrected chi connectivity index (χ3v) is 5.29. The van der Waals surface area contributed by atoms with Crippen LogP contribution in [-0.2, 0) is 6.42 Å². The van der Waals surface area contributed by atoms with E-state index in [1.54, 1.807) is 11.3 Å². The predicted molar refractivity (Wildman–Crippen MR) is 113 cm³/mol. The molecular weight excluding hydrogens is 346 g/mol. The Kier molecular flexibility index (Phi) is 8.38. The maximum Gasteiger partial charge on any atom is 0.167 e. The highest BCUT2D eigenvalue weighted by molar-refractivity contribution is 7.80. The number of hydrogen-bond donors (Lipinski definition) is 3. The van der Waals surface area contributed by atoms with Crippen LogP contribution in [0.3, 0.4) is 0 Å². The average Bonchev–Trinajstić information content (AvgIpc) is 3.12. The summed E-state index contributed by atoms with van der Waals surface area (Å²) in [6, 6.07) is 13.3. The molecule has 2 rings (SSSR count). The van der Waals surface area contributed by atoms with Crippen molar-refractivity contribution in [3.05, 3.63) is 57.8 Å². The maximum absolute atomic E-state index is 5.53. The lowest BCUT2D eigenvalue weighted by atomic mass is 10.0. The lowest BCUT2D eigenvalue weighted by Crippen LogP contribution is -3.05. The molecule has 25 heavy (non-hydrogen) atoms. The summed E-state index contributed by atoms with van der Waals surface area (Å²) >= 11 is 7.29. The second kappa shape index (κ2) is 10.5. The number of thiocarbonyl (C=S) groups is 1. The van der Waals surface area contributed by atoms with Gasteiger partial charge in [-0.25, -0.2) is 0 Å². The Morgan fingerprint density at radius 3 is 2.56 bits per heavy atom. The molecule has 0 unspecified atom stereocenters. The van der Waals surface area contributed by atoms with Crippen molar-refractivity contribution in [2.45, 2.75) is 32.2 Å². The molecule has 0 amide bonds. The van der Waals surface area contributed by atoms with Crippen molar-refractivity contribution in [2.75, 3.05) is 27.2 Å². The van der Waals surface area contributed by atoms with E-state index in [0.29, 0.717) is 0 Å². The van der Waals surface area contributed by atoms with E-state index in [2.05, 4.69) is 73.4 Å². The fraction of sp³-hybridized carbons (Fsp3) is 0.450. The van der Waals surface area contributed by atoms with Crippen molar-refractivity contribution in [3.63, 3.8) is 0 Å². The van der Waals surface area contributed by atoms with Crippen molar-refractivity contribution in [1.29, 1.82) is 0 Å². The standard InChI is InChI=1S/C20H29N3S2/c1-4-7-16-9-11-17(12-10-16)19(18-8-5-15-25-18)22-20(24)21-13-6-14-23(2)3/h5,8-12,15,19H,4,6-7,13-14H2,1-3H3,(H2,21,22,24)/p+1/t19-/m0/s1. The number of rotatable bonds is 9. The monoisotopic (exact) mass is 376 g/mol. The number of quaternary nitrogens is 1. The molecule has 0 saturated heterocycles. The molecule has 1 aromatic heterocycles. The number of thiophene rings is 1. The number of nitrogens with one attached hydrogen (secondary N) is 3. The highest BCUT2D eigenvalue weighted by Crippen LogP contribution is 2.26. The molecule has 0 spiro atoms. The van der Waals surface area contributed by atoms with Crippen LogP contribution >= 0.6 is 23.6 Å². The molecule has 5 heteroatoms. The van der Waals surface area contributed by atoms with Crippen LogP contribution in [0.1, 0.15) is 41.8 Å². The van der Waals surface area contributed by atoms with Crippen LogP contribution in [0.25, 0.3) is 0 Å². The Morgan fingerprint density at radius 1 is 1.20 bits per heavy atom. The molecule has 0 saturated carbocycles. The smallest absolute Gasteiger partial charge is 0.167 e. The zero-order valence-electron chi connectivity index (χ0n) is 15.5. The van der Waals surface area contributed by atoms with Gasteiger partial charge < -0.3 is 15.5 Å². The highest BCUT2D eigenvalue weighted by atomic mass is 32.1. The van der Waals surface area contributed by atoms with Gasteiger partial charge in [-0.2, -0.15) is 0 Å². The Labute approximate surface area is 161 Å². The first-order valence-corrected chi connectivity index (χ1v) is 10.3. The van der Waals surface area contributed by atoms with E-state index in [1.165, 1.54) is 27.3 Å². The van der Waals surface area contributed by atoms with Crippen molar-refractivity contribution >= 4 is 28.7 Å². The van der Waals surface area contributed by atoms with Crippen LogP contribution in [0, 0.1) is 0 Å². The Morgan fingerprint density at radius 2 is 1.96 bits per heavy atom. The first kappa shape index (κ1) is 19.9. The zero-order chi connectivity index (χ0) is 18.1. The van der Waals surface area contributed by atoms with Crippen LogP contribution in [-0.4, -0.2) is 32.3 Å². The summed E-state index contributed by atoms with van der Waals surface area (Å²) in [5, 5.41) is 9.69. The summed E-state index contributed by atoms with van der Waals surface area (Å²) in [5.41, 5.74) is 2.65. The van der Waals surface area contributed by atoms with E-state index < -0.39 is 0 Å².